The van der Waals surface area contributed by atoms with Crippen LogP contribution in [-0.2, 0) is 11.3 Å². The standard InChI is InChI=1S/C13H10BrN3O2S/c1-8(14)6-17-11-4-9(5-15)2-3-10(11)16-13(17)20-7-12(18)19/h2-4H,1,6-7H2,(H,18,19). The number of allylic oxidation sites excluding steroid dienone is 1. The predicted molar refractivity (Wildman–Crippen MR) is 80.9 cm³/mol. The first-order valence-electron chi connectivity index (χ1n) is 5.59. The first-order valence-corrected chi connectivity index (χ1v) is 7.37. The van der Waals surface area contributed by atoms with Crippen LogP contribution in [0.15, 0.2) is 34.4 Å². The molecule has 7 heteroatoms. The molecule has 2 rings (SSSR count). The number of imidazole rings is 1. The summed E-state index contributed by atoms with van der Waals surface area (Å²) in [6, 6.07) is 7.27. The van der Waals surface area contributed by atoms with Gasteiger partial charge in [-0.3, -0.25) is 4.79 Å². The summed E-state index contributed by atoms with van der Waals surface area (Å²) >= 11 is 4.44. The van der Waals surface area contributed by atoms with Gasteiger partial charge in [0, 0.05) is 4.48 Å². The molecule has 1 heterocycles. The van der Waals surface area contributed by atoms with Crippen LogP contribution in [0.4, 0.5) is 0 Å². The summed E-state index contributed by atoms with van der Waals surface area (Å²) in [5.41, 5.74) is 2.05. The quantitative estimate of drug-likeness (QED) is 0.837. The van der Waals surface area contributed by atoms with E-state index >= 15 is 0 Å². The Bertz CT molecular complexity index is 733. The molecule has 0 aliphatic carbocycles. The topological polar surface area (TPSA) is 78.9 Å². The minimum atomic E-state index is -0.899. The number of halogens is 1. The summed E-state index contributed by atoms with van der Waals surface area (Å²) in [5, 5.41) is 18.3. The molecule has 0 saturated carbocycles. The molecule has 0 unspecified atom stereocenters. The van der Waals surface area contributed by atoms with Crippen molar-refractivity contribution in [3.05, 3.63) is 34.8 Å². The first kappa shape index (κ1) is 14.6. The maximum atomic E-state index is 10.7. The highest BCUT2D eigenvalue weighted by molar-refractivity contribution is 9.11. The lowest BCUT2D eigenvalue weighted by Crippen LogP contribution is -2.03. The van der Waals surface area contributed by atoms with Crippen molar-refractivity contribution in [2.24, 2.45) is 0 Å². The van der Waals surface area contributed by atoms with Gasteiger partial charge in [-0.2, -0.15) is 5.26 Å². The molecule has 0 saturated heterocycles. The summed E-state index contributed by atoms with van der Waals surface area (Å²) in [5.74, 6) is -0.965. The predicted octanol–water partition coefficient (Wildman–Crippen LogP) is 2.99. The number of carboxylic acids is 1. The minimum absolute atomic E-state index is 0.0663. The lowest BCUT2D eigenvalue weighted by Gasteiger charge is -2.07. The van der Waals surface area contributed by atoms with Crippen molar-refractivity contribution in [3.8, 4) is 6.07 Å². The number of rotatable bonds is 5. The molecule has 0 radical (unpaired) electrons. The first-order chi connectivity index (χ1) is 9.51. The fourth-order valence-electron chi connectivity index (χ4n) is 1.73. The summed E-state index contributed by atoms with van der Waals surface area (Å²) < 4.78 is 2.59. The molecule has 1 aromatic heterocycles. The lowest BCUT2D eigenvalue weighted by atomic mass is 10.2. The largest absolute Gasteiger partial charge is 0.481 e. The van der Waals surface area contributed by atoms with Crippen LogP contribution in [0.1, 0.15) is 5.56 Å². The maximum absolute atomic E-state index is 10.7. The molecule has 1 aromatic carbocycles. The van der Waals surface area contributed by atoms with Crippen LogP contribution in [0.5, 0.6) is 0 Å². The van der Waals surface area contributed by atoms with Crippen LogP contribution in [-0.4, -0.2) is 26.4 Å². The molecular weight excluding hydrogens is 342 g/mol. The Morgan fingerprint density at radius 1 is 1.60 bits per heavy atom. The molecular formula is C13H10BrN3O2S. The van der Waals surface area contributed by atoms with Crippen molar-refractivity contribution < 1.29 is 9.90 Å². The van der Waals surface area contributed by atoms with Gasteiger partial charge in [-0.05, 0) is 18.2 Å². The zero-order valence-electron chi connectivity index (χ0n) is 10.3. The van der Waals surface area contributed by atoms with Crippen LogP contribution in [0, 0.1) is 11.3 Å². The van der Waals surface area contributed by atoms with Gasteiger partial charge in [-0.1, -0.05) is 34.3 Å². The van der Waals surface area contributed by atoms with E-state index < -0.39 is 5.97 Å². The number of nitrogens with zero attached hydrogens (tertiary/aromatic N) is 3. The molecule has 0 spiro atoms. The summed E-state index contributed by atoms with van der Waals surface area (Å²) in [6.45, 7) is 4.26. The van der Waals surface area contributed by atoms with E-state index in [1.807, 2.05) is 4.57 Å². The monoisotopic (exact) mass is 351 g/mol. The molecule has 1 N–H and O–H groups in total. The van der Waals surface area contributed by atoms with Crippen molar-refractivity contribution >= 4 is 44.7 Å². The van der Waals surface area contributed by atoms with Crippen LogP contribution in [0.25, 0.3) is 11.0 Å². The Hall–Kier alpha value is -1.78. The second-order valence-corrected chi connectivity index (χ2v) is 6.06. The number of carbonyl (C=O) groups is 1. The molecule has 2 aromatic rings. The van der Waals surface area contributed by atoms with Gasteiger partial charge in [0.25, 0.3) is 0 Å². The Morgan fingerprint density at radius 3 is 2.95 bits per heavy atom. The van der Waals surface area contributed by atoms with Crippen molar-refractivity contribution in [1.82, 2.24) is 9.55 Å². The fourth-order valence-corrected chi connectivity index (χ4v) is 2.72. The van der Waals surface area contributed by atoms with E-state index in [1.165, 1.54) is 0 Å². The number of benzene rings is 1. The van der Waals surface area contributed by atoms with Gasteiger partial charge in [0.15, 0.2) is 5.16 Å². The average molecular weight is 352 g/mol. The Labute approximate surface area is 128 Å². The van der Waals surface area contributed by atoms with Gasteiger partial charge in [0.2, 0.25) is 0 Å². The maximum Gasteiger partial charge on any atom is 0.313 e. The zero-order chi connectivity index (χ0) is 14.7. The number of aliphatic carboxylic acids is 1. The van der Waals surface area contributed by atoms with Gasteiger partial charge < -0.3 is 9.67 Å². The number of carboxylic acid groups (broad SMARTS) is 1. The number of hydrogen-bond donors (Lipinski definition) is 1. The van der Waals surface area contributed by atoms with E-state index in [2.05, 4.69) is 33.6 Å². The normalized spacial score (nSPS) is 10.4. The minimum Gasteiger partial charge on any atom is -0.481 e. The summed E-state index contributed by atoms with van der Waals surface area (Å²) in [4.78, 5) is 15.1. The highest BCUT2D eigenvalue weighted by Gasteiger charge is 2.13. The fraction of sp³-hybridized carbons (Fsp3) is 0.154. The van der Waals surface area contributed by atoms with Gasteiger partial charge in [0.1, 0.15) is 0 Å². The zero-order valence-corrected chi connectivity index (χ0v) is 12.7. The van der Waals surface area contributed by atoms with E-state index in [1.54, 1.807) is 18.2 Å². The van der Waals surface area contributed by atoms with Gasteiger partial charge in [0.05, 0.1) is 35.0 Å². The molecule has 0 bridgehead atoms. The van der Waals surface area contributed by atoms with Crippen LogP contribution < -0.4 is 0 Å². The molecule has 0 atom stereocenters. The molecule has 5 nitrogen and oxygen atoms in total. The number of aromatic nitrogens is 2. The van der Waals surface area contributed by atoms with Gasteiger partial charge in [-0.15, -0.1) is 0 Å². The van der Waals surface area contributed by atoms with Crippen LogP contribution in [0.3, 0.4) is 0 Å². The molecule has 0 amide bonds. The van der Waals surface area contributed by atoms with Crippen molar-refractivity contribution in [1.29, 1.82) is 5.26 Å². The molecule has 102 valence electrons. The van der Waals surface area contributed by atoms with Crippen LogP contribution in [0.2, 0.25) is 0 Å². The summed E-state index contributed by atoms with van der Waals surface area (Å²) in [7, 11) is 0. The van der Waals surface area contributed by atoms with Crippen molar-refractivity contribution in [3.63, 3.8) is 0 Å². The number of fused-ring (bicyclic) bond motifs is 1. The van der Waals surface area contributed by atoms with E-state index in [-0.39, 0.29) is 5.75 Å². The molecule has 20 heavy (non-hydrogen) atoms. The van der Waals surface area contributed by atoms with Gasteiger partial charge in [-0.25, -0.2) is 4.98 Å². The second-order valence-electron chi connectivity index (χ2n) is 4.00. The van der Waals surface area contributed by atoms with Crippen molar-refractivity contribution in [2.45, 2.75) is 11.7 Å². The smallest absolute Gasteiger partial charge is 0.313 e. The molecule has 0 aliphatic rings. The molecule has 0 fully saturated rings. The highest BCUT2D eigenvalue weighted by atomic mass is 79.9. The third-order valence-electron chi connectivity index (χ3n) is 2.50. The van der Waals surface area contributed by atoms with Crippen LogP contribution >= 0.6 is 27.7 Å². The third kappa shape index (κ3) is 3.21. The Balaban J connectivity index is 2.52. The average Bonchev–Trinajstić information content (AvgIpc) is 2.73. The lowest BCUT2D eigenvalue weighted by molar-refractivity contribution is -0.133. The number of thioether (sulfide) groups is 1. The Morgan fingerprint density at radius 2 is 2.35 bits per heavy atom. The Kier molecular flexibility index (Phi) is 4.47. The van der Waals surface area contributed by atoms with E-state index in [0.717, 1.165) is 27.3 Å². The SMILES string of the molecule is C=C(Br)Cn1c(SCC(=O)O)nc2ccc(C#N)cc21. The third-order valence-corrected chi connectivity index (χ3v) is 3.71. The van der Waals surface area contributed by atoms with E-state index in [9.17, 15) is 4.79 Å². The summed E-state index contributed by atoms with van der Waals surface area (Å²) in [6.07, 6.45) is 0. The highest BCUT2D eigenvalue weighted by Crippen LogP contribution is 2.26. The second kappa shape index (κ2) is 6.11. The van der Waals surface area contributed by atoms with Crippen molar-refractivity contribution in [2.75, 3.05) is 5.75 Å². The molecule has 0 aliphatic heterocycles. The van der Waals surface area contributed by atoms with E-state index in [0.29, 0.717) is 17.3 Å². The van der Waals surface area contributed by atoms with E-state index in [4.69, 9.17) is 10.4 Å². The number of hydrogen-bond acceptors (Lipinski definition) is 4. The number of nitriles is 1. The van der Waals surface area contributed by atoms with Gasteiger partial charge >= 0.3 is 5.97 Å².